The minimum Gasteiger partial charge on any atom is -0.505 e. The molecule has 0 aromatic carbocycles. The summed E-state index contributed by atoms with van der Waals surface area (Å²) in [6.07, 6.45) is 1.43. The standard InChI is InChI=1S/C7H8O4/c1-4-2-5(8)3-11-6(4)7(9)10/h2-3,6,8H,1H3,(H,9,10). The highest BCUT2D eigenvalue weighted by Crippen LogP contribution is 2.15. The lowest BCUT2D eigenvalue weighted by Crippen LogP contribution is -2.25. The van der Waals surface area contributed by atoms with Gasteiger partial charge in [-0.25, -0.2) is 4.79 Å². The van der Waals surface area contributed by atoms with Gasteiger partial charge in [0.1, 0.15) is 12.0 Å². The van der Waals surface area contributed by atoms with Crippen LogP contribution in [-0.4, -0.2) is 22.3 Å². The van der Waals surface area contributed by atoms with E-state index < -0.39 is 12.1 Å². The normalized spacial score (nSPS) is 23.2. The van der Waals surface area contributed by atoms with Gasteiger partial charge in [-0.1, -0.05) is 0 Å². The molecule has 11 heavy (non-hydrogen) atoms. The first-order chi connectivity index (χ1) is 5.11. The zero-order valence-electron chi connectivity index (χ0n) is 5.94. The minimum absolute atomic E-state index is 0.0556. The van der Waals surface area contributed by atoms with Crippen LogP contribution in [0.1, 0.15) is 6.92 Å². The van der Waals surface area contributed by atoms with E-state index in [9.17, 15) is 4.79 Å². The highest BCUT2D eigenvalue weighted by atomic mass is 16.5. The molecule has 1 rings (SSSR count). The zero-order valence-corrected chi connectivity index (χ0v) is 5.94. The van der Waals surface area contributed by atoms with Crippen molar-refractivity contribution in [2.75, 3.05) is 0 Å². The number of hydrogen-bond donors (Lipinski definition) is 2. The number of ether oxygens (including phenoxy) is 1. The van der Waals surface area contributed by atoms with Crippen LogP contribution in [0.3, 0.4) is 0 Å². The van der Waals surface area contributed by atoms with Crippen molar-refractivity contribution in [1.82, 2.24) is 0 Å². The molecule has 0 saturated heterocycles. The molecule has 0 aromatic heterocycles. The fraction of sp³-hybridized carbons (Fsp3) is 0.286. The van der Waals surface area contributed by atoms with Crippen LogP contribution in [-0.2, 0) is 9.53 Å². The second kappa shape index (κ2) is 2.65. The molecule has 0 saturated carbocycles. The van der Waals surface area contributed by atoms with Gasteiger partial charge in [0.25, 0.3) is 0 Å². The predicted molar refractivity (Wildman–Crippen MR) is 37.0 cm³/mol. The van der Waals surface area contributed by atoms with Gasteiger partial charge in [-0.05, 0) is 18.6 Å². The third-order valence-corrected chi connectivity index (χ3v) is 1.34. The summed E-state index contributed by atoms with van der Waals surface area (Å²) in [6.45, 7) is 1.59. The number of aliphatic hydroxyl groups excluding tert-OH is 1. The van der Waals surface area contributed by atoms with Crippen LogP contribution < -0.4 is 0 Å². The Hall–Kier alpha value is -1.45. The molecule has 4 heteroatoms. The van der Waals surface area contributed by atoms with Crippen LogP contribution in [0.15, 0.2) is 23.7 Å². The van der Waals surface area contributed by atoms with E-state index in [0.717, 1.165) is 6.26 Å². The van der Waals surface area contributed by atoms with Crippen molar-refractivity contribution in [3.8, 4) is 0 Å². The smallest absolute Gasteiger partial charge is 0.349 e. The number of carboxylic acids is 1. The largest absolute Gasteiger partial charge is 0.505 e. The fourth-order valence-electron chi connectivity index (χ4n) is 0.841. The summed E-state index contributed by atoms with van der Waals surface area (Å²) in [5.41, 5.74) is 0.484. The Kier molecular flexibility index (Phi) is 1.85. The van der Waals surface area contributed by atoms with Crippen molar-refractivity contribution in [2.24, 2.45) is 0 Å². The molecule has 2 N–H and O–H groups in total. The lowest BCUT2D eigenvalue weighted by molar-refractivity contribution is -0.145. The van der Waals surface area contributed by atoms with Crippen LogP contribution in [0.4, 0.5) is 0 Å². The maximum Gasteiger partial charge on any atom is 0.349 e. The van der Waals surface area contributed by atoms with Crippen LogP contribution in [0.2, 0.25) is 0 Å². The van der Waals surface area contributed by atoms with Gasteiger partial charge in [0.05, 0.1) is 0 Å². The van der Waals surface area contributed by atoms with Crippen LogP contribution in [0.5, 0.6) is 0 Å². The van der Waals surface area contributed by atoms with Crippen molar-refractivity contribution in [3.05, 3.63) is 23.7 Å². The number of carboxylic acid groups (broad SMARTS) is 1. The molecule has 1 aliphatic heterocycles. The summed E-state index contributed by atoms with van der Waals surface area (Å²) in [7, 11) is 0. The van der Waals surface area contributed by atoms with Gasteiger partial charge in [-0.3, -0.25) is 0 Å². The number of rotatable bonds is 1. The quantitative estimate of drug-likeness (QED) is 0.589. The summed E-state index contributed by atoms with van der Waals surface area (Å²) in [5.74, 6) is -1.11. The molecule has 0 aromatic rings. The molecular formula is C7H8O4. The molecule has 0 fully saturated rings. The third-order valence-electron chi connectivity index (χ3n) is 1.34. The SMILES string of the molecule is CC1=CC(O)=COC1C(=O)O. The zero-order chi connectivity index (χ0) is 8.43. The van der Waals surface area contributed by atoms with Crippen molar-refractivity contribution in [3.63, 3.8) is 0 Å². The molecule has 0 aliphatic carbocycles. The second-order valence-electron chi connectivity index (χ2n) is 2.29. The average molecular weight is 156 g/mol. The molecule has 0 amide bonds. The predicted octanol–water partition coefficient (Wildman–Crippen LogP) is 0.816. The van der Waals surface area contributed by atoms with Crippen LogP contribution >= 0.6 is 0 Å². The Morgan fingerprint density at radius 3 is 2.82 bits per heavy atom. The number of allylic oxidation sites excluding steroid dienone is 1. The molecule has 1 aliphatic rings. The van der Waals surface area contributed by atoms with E-state index in [1.165, 1.54) is 6.08 Å². The van der Waals surface area contributed by atoms with E-state index in [2.05, 4.69) is 4.74 Å². The monoisotopic (exact) mass is 156 g/mol. The summed E-state index contributed by atoms with van der Waals surface area (Å²) in [4.78, 5) is 10.4. The van der Waals surface area contributed by atoms with Crippen LogP contribution in [0, 0.1) is 0 Å². The first-order valence-corrected chi connectivity index (χ1v) is 3.07. The second-order valence-corrected chi connectivity index (χ2v) is 2.29. The summed E-state index contributed by atoms with van der Waals surface area (Å²) in [5, 5.41) is 17.4. The van der Waals surface area contributed by atoms with Crippen molar-refractivity contribution in [1.29, 1.82) is 0 Å². The molecule has 0 radical (unpaired) electrons. The number of carbonyl (C=O) groups is 1. The molecule has 4 nitrogen and oxygen atoms in total. The molecule has 1 heterocycles. The Labute approximate surface area is 63.4 Å². The van der Waals surface area contributed by atoms with Crippen molar-refractivity contribution in [2.45, 2.75) is 13.0 Å². The Bertz CT molecular complexity index is 239. The first-order valence-electron chi connectivity index (χ1n) is 3.07. The minimum atomic E-state index is -1.05. The molecule has 1 unspecified atom stereocenters. The van der Waals surface area contributed by atoms with Gasteiger partial charge < -0.3 is 14.9 Å². The highest BCUT2D eigenvalue weighted by molar-refractivity contribution is 5.76. The van der Waals surface area contributed by atoms with E-state index in [-0.39, 0.29) is 5.76 Å². The molecule has 1 atom stereocenters. The topological polar surface area (TPSA) is 66.8 Å². The number of aliphatic carboxylic acids is 1. The number of aliphatic hydroxyl groups is 1. The lowest BCUT2D eigenvalue weighted by atomic mass is 10.1. The van der Waals surface area contributed by atoms with Crippen LogP contribution in [0.25, 0.3) is 0 Å². The lowest BCUT2D eigenvalue weighted by Gasteiger charge is -2.16. The van der Waals surface area contributed by atoms with Gasteiger partial charge in [-0.2, -0.15) is 0 Å². The first kappa shape index (κ1) is 7.65. The van der Waals surface area contributed by atoms with Crippen molar-refractivity contribution < 1.29 is 19.7 Å². The maximum absolute atomic E-state index is 10.4. The molecule has 0 spiro atoms. The van der Waals surface area contributed by atoms with E-state index in [1.807, 2.05) is 0 Å². The molecule has 0 bridgehead atoms. The van der Waals surface area contributed by atoms with Crippen molar-refractivity contribution >= 4 is 5.97 Å². The van der Waals surface area contributed by atoms with E-state index in [0.29, 0.717) is 5.57 Å². The Morgan fingerprint density at radius 2 is 2.36 bits per heavy atom. The summed E-state index contributed by atoms with van der Waals surface area (Å²) in [6, 6.07) is 0. The van der Waals surface area contributed by atoms with Gasteiger partial charge >= 0.3 is 5.97 Å². The highest BCUT2D eigenvalue weighted by Gasteiger charge is 2.22. The van der Waals surface area contributed by atoms with Gasteiger partial charge in [0.2, 0.25) is 6.10 Å². The average Bonchev–Trinajstić information content (AvgIpc) is 1.85. The Morgan fingerprint density at radius 1 is 1.73 bits per heavy atom. The van der Waals surface area contributed by atoms with E-state index >= 15 is 0 Å². The fourth-order valence-corrected chi connectivity index (χ4v) is 0.841. The summed E-state index contributed by atoms with van der Waals surface area (Å²) < 4.78 is 4.68. The van der Waals surface area contributed by atoms with Gasteiger partial charge in [0.15, 0.2) is 0 Å². The Balaban J connectivity index is 2.80. The van der Waals surface area contributed by atoms with Gasteiger partial charge in [0, 0.05) is 0 Å². The van der Waals surface area contributed by atoms with E-state index in [4.69, 9.17) is 10.2 Å². The third kappa shape index (κ3) is 1.52. The van der Waals surface area contributed by atoms with E-state index in [1.54, 1.807) is 6.92 Å². The van der Waals surface area contributed by atoms with Gasteiger partial charge in [-0.15, -0.1) is 0 Å². The summed E-state index contributed by atoms with van der Waals surface area (Å²) >= 11 is 0. The maximum atomic E-state index is 10.4. The number of hydrogen-bond acceptors (Lipinski definition) is 3. The molecular weight excluding hydrogens is 148 g/mol. The molecule has 60 valence electrons.